The monoisotopic (exact) mass is 270 g/mol. The van der Waals surface area contributed by atoms with Crippen LogP contribution in [0.15, 0.2) is 18.2 Å². The van der Waals surface area contributed by atoms with E-state index < -0.39 is 17.8 Å². The molecule has 1 aromatic carbocycles. The van der Waals surface area contributed by atoms with Crippen molar-refractivity contribution in [3.05, 3.63) is 34.6 Å². The largest absolute Gasteiger partial charge is 0.368 e. The molecule has 5 heteroatoms. The molecule has 0 spiro atoms. The molecule has 1 aliphatic rings. The summed E-state index contributed by atoms with van der Waals surface area (Å²) in [5.74, 6) is -1.03. The molecule has 0 bridgehead atoms. The third-order valence-electron chi connectivity index (χ3n) is 3.32. The van der Waals surface area contributed by atoms with Gasteiger partial charge in [0.15, 0.2) is 0 Å². The molecule has 1 aliphatic carbocycles. The molecule has 1 amide bonds. The summed E-state index contributed by atoms with van der Waals surface area (Å²) >= 11 is 5.62. The van der Waals surface area contributed by atoms with Gasteiger partial charge in [-0.25, -0.2) is 4.39 Å². The minimum absolute atomic E-state index is 0.0443. The standard InChI is InChI=1S/C13H16ClFN2O/c14-10-6-5-8(7-11(10)15)12(13(16)18)17-9-3-1-2-4-9/h5-7,9,12,17H,1-4H2,(H2,16,18). The molecule has 0 aliphatic heterocycles. The normalized spacial score (nSPS) is 17.9. The predicted molar refractivity (Wildman–Crippen MR) is 68.7 cm³/mol. The topological polar surface area (TPSA) is 55.1 Å². The van der Waals surface area contributed by atoms with E-state index in [4.69, 9.17) is 17.3 Å². The van der Waals surface area contributed by atoms with Gasteiger partial charge in [0, 0.05) is 6.04 Å². The molecule has 0 saturated heterocycles. The van der Waals surface area contributed by atoms with Crippen LogP contribution in [0.1, 0.15) is 37.3 Å². The van der Waals surface area contributed by atoms with Crippen molar-refractivity contribution >= 4 is 17.5 Å². The first-order valence-corrected chi connectivity index (χ1v) is 6.46. The van der Waals surface area contributed by atoms with E-state index in [1.807, 2.05) is 0 Å². The highest BCUT2D eigenvalue weighted by Gasteiger charge is 2.24. The number of halogens is 2. The number of carbonyl (C=O) groups excluding carboxylic acids is 1. The lowest BCUT2D eigenvalue weighted by Gasteiger charge is -2.20. The lowest BCUT2D eigenvalue weighted by atomic mass is 10.0. The van der Waals surface area contributed by atoms with Crippen LogP contribution in [0.4, 0.5) is 4.39 Å². The maximum Gasteiger partial charge on any atom is 0.239 e. The quantitative estimate of drug-likeness (QED) is 0.883. The second kappa shape index (κ2) is 5.67. The van der Waals surface area contributed by atoms with Crippen LogP contribution in [-0.2, 0) is 4.79 Å². The lowest BCUT2D eigenvalue weighted by molar-refractivity contribution is -0.120. The molecule has 2 rings (SSSR count). The summed E-state index contributed by atoms with van der Waals surface area (Å²) in [4.78, 5) is 11.5. The Morgan fingerprint density at radius 1 is 1.44 bits per heavy atom. The average Bonchev–Trinajstić information content (AvgIpc) is 2.82. The SMILES string of the molecule is NC(=O)C(NC1CCCC1)c1ccc(Cl)c(F)c1. The van der Waals surface area contributed by atoms with Crippen LogP contribution in [-0.4, -0.2) is 11.9 Å². The summed E-state index contributed by atoms with van der Waals surface area (Å²) in [6.07, 6.45) is 4.36. The zero-order valence-electron chi connectivity index (χ0n) is 9.96. The molecule has 3 nitrogen and oxygen atoms in total. The van der Waals surface area contributed by atoms with Gasteiger partial charge in [-0.1, -0.05) is 30.5 Å². The number of primary amides is 1. The fourth-order valence-electron chi connectivity index (χ4n) is 2.36. The minimum Gasteiger partial charge on any atom is -0.368 e. The third-order valence-corrected chi connectivity index (χ3v) is 3.63. The number of hydrogen-bond donors (Lipinski definition) is 2. The molecule has 98 valence electrons. The van der Waals surface area contributed by atoms with Gasteiger partial charge < -0.3 is 5.73 Å². The van der Waals surface area contributed by atoms with Gasteiger partial charge in [0.2, 0.25) is 5.91 Å². The van der Waals surface area contributed by atoms with Crippen LogP contribution in [0.3, 0.4) is 0 Å². The maximum absolute atomic E-state index is 13.4. The van der Waals surface area contributed by atoms with Gasteiger partial charge in [-0.15, -0.1) is 0 Å². The van der Waals surface area contributed by atoms with Gasteiger partial charge in [-0.05, 0) is 30.5 Å². The highest BCUT2D eigenvalue weighted by atomic mass is 35.5. The van der Waals surface area contributed by atoms with Crippen molar-refractivity contribution in [1.29, 1.82) is 0 Å². The fraction of sp³-hybridized carbons (Fsp3) is 0.462. The summed E-state index contributed by atoms with van der Waals surface area (Å²) in [6.45, 7) is 0. The van der Waals surface area contributed by atoms with E-state index in [-0.39, 0.29) is 11.1 Å². The molecule has 0 aromatic heterocycles. The number of hydrogen-bond acceptors (Lipinski definition) is 2. The lowest BCUT2D eigenvalue weighted by Crippen LogP contribution is -2.38. The Labute approximate surface area is 111 Å². The van der Waals surface area contributed by atoms with E-state index in [0.717, 1.165) is 25.7 Å². The van der Waals surface area contributed by atoms with Crippen LogP contribution >= 0.6 is 11.6 Å². The Balaban J connectivity index is 2.17. The second-order valence-electron chi connectivity index (χ2n) is 4.66. The fourth-order valence-corrected chi connectivity index (χ4v) is 2.48. The van der Waals surface area contributed by atoms with Crippen LogP contribution in [0.5, 0.6) is 0 Å². The first-order valence-electron chi connectivity index (χ1n) is 6.08. The summed E-state index contributed by atoms with van der Waals surface area (Å²) in [5, 5.41) is 3.24. The van der Waals surface area contributed by atoms with Crippen LogP contribution in [0.25, 0.3) is 0 Å². The molecule has 0 radical (unpaired) electrons. The average molecular weight is 271 g/mol. The predicted octanol–water partition coefficient (Wildman–Crippen LogP) is 2.54. The number of amides is 1. The third kappa shape index (κ3) is 3.00. The molecule has 3 N–H and O–H groups in total. The van der Waals surface area contributed by atoms with E-state index in [2.05, 4.69) is 5.32 Å². The highest BCUT2D eigenvalue weighted by Crippen LogP contribution is 2.24. The Morgan fingerprint density at radius 3 is 2.67 bits per heavy atom. The van der Waals surface area contributed by atoms with Gasteiger partial charge in [-0.2, -0.15) is 0 Å². The van der Waals surface area contributed by atoms with Crippen molar-refractivity contribution in [3.8, 4) is 0 Å². The van der Waals surface area contributed by atoms with E-state index in [9.17, 15) is 9.18 Å². The van der Waals surface area contributed by atoms with Crippen molar-refractivity contribution in [2.45, 2.75) is 37.8 Å². The Hall–Kier alpha value is -1.13. The van der Waals surface area contributed by atoms with Gasteiger partial charge in [0.05, 0.1) is 5.02 Å². The van der Waals surface area contributed by atoms with E-state index >= 15 is 0 Å². The van der Waals surface area contributed by atoms with E-state index in [0.29, 0.717) is 5.56 Å². The highest BCUT2D eigenvalue weighted by molar-refractivity contribution is 6.30. The molecule has 1 saturated carbocycles. The Kier molecular flexibility index (Phi) is 4.19. The number of rotatable bonds is 4. The van der Waals surface area contributed by atoms with Crippen LogP contribution in [0, 0.1) is 5.82 Å². The first kappa shape index (κ1) is 13.3. The molecule has 0 heterocycles. The molecule has 1 unspecified atom stereocenters. The van der Waals surface area contributed by atoms with Crippen molar-refractivity contribution in [2.75, 3.05) is 0 Å². The van der Waals surface area contributed by atoms with Crippen LogP contribution in [0.2, 0.25) is 5.02 Å². The molecule has 1 atom stereocenters. The number of nitrogens with two attached hydrogens (primary N) is 1. The van der Waals surface area contributed by atoms with Crippen LogP contribution < -0.4 is 11.1 Å². The summed E-state index contributed by atoms with van der Waals surface area (Å²) in [7, 11) is 0. The van der Waals surface area contributed by atoms with Gasteiger partial charge in [-0.3, -0.25) is 10.1 Å². The van der Waals surface area contributed by atoms with Crippen molar-refractivity contribution in [2.24, 2.45) is 5.73 Å². The van der Waals surface area contributed by atoms with Gasteiger partial charge in [0.1, 0.15) is 11.9 Å². The molecular formula is C13H16ClFN2O. The maximum atomic E-state index is 13.4. The molecule has 1 fully saturated rings. The zero-order valence-corrected chi connectivity index (χ0v) is 10.7. The molecule has 18 heavy (non-hydrogen) atoms. The van der Waals surface area contributed by atoms with Crippen molar-refractivity contribution in [1.82, 2.24) is 5.32 Å². The van der Waals surface area contributed by atoms with Crippen molar-refractivity contribution in [3.63, 3.8) is 0 Å². The number of carbonyl (C=O) groups is 1. The summed E-state index contributed by atoms with van der Waals surface area (Å²) < 4.78 is 13.4. The number of nitrogens with one attached hydrogen (secondary N) is 1. The number of benzene rings is 1. The Bertz CT molecular complexity index is 447. The Morgan fingerprint density at radius 2 is 2.11 bits per heavy atom. The first-order chi connectivity index (χ1) is 8.58. The van der Waals surface area contributed by atoms with Crippen molar-refractivity contribution < 1.29 is 9.18 Å². The zero-order chi connectivity index (χ0) is 13.1. The summed E-state index contributed by atoms with van der Waals surface area (Å²) in [6, 6.07) is 3.96. The summed E-state index contributed by atoms with van der Waals surface area (Å²) in [5.41, 5.74) is 5.90. The van der Waals surface area contributed by atoms with Gasteiger partial charge >= 0.3 is 0 Å². The smallest absolute Gasteiger partial charge is 0.239 e. The van der Waals surface area contributed by atoms with Gasteiger partial charge in [0.25, 0.3) is 0 Å². The molecular weight excluding hydrogens is 255 g/mol. The molecule has 1 aromatic rings. The van der Waals surface area contributed by atoms with E-state index in [1.54, 1.807) is 6.07 Å². The minimum atomic E-state index is -0.653. The van der Waals surface area contributed by atoms with E-state index in [1.165, 1.54) is 12.1 Å². The second-order valence-corrected chi connectivity index (χ2v) is 5.06.